The minimum Gasteiger partial charge on any atom is -0.496 e. The van der Waals surface area contributed by atoms with Crippen LogP contribution in [0.15, 0.2) is 24.3 Å². The van der Waals surface area contributed by atoms with E-state index in [2.05, 4.69) is 22.8 Å². The molecular formula is C33H44N4O6. The van der Waals surface area contributed by atoms with Crippen LogP contribution in [0.4, 0.5) is 11.4 Å². The number of anilines is 2. The number of ether oxygens (including phenoxy) is 4. The van der Waals surface area contributed by atoms with Crippen LogP contribution in [0.25, 0.3) is 0 Å². The Hall–Kier alpha value is -3.50. The van der Waals surface area contributed by atoms with Crippen molar-refractivity contribution in [3.05, 3.63) is 46.5 Å². The largest absolute Gasteiger partial charge is 0.496 e. The molecule has 10 heteroatoms. The smallest absolute Gasteiger partial charge is 0.256 e. The van der Waals surface area contributed by atoms with Gasteiger partial charge in [0.25, 0.3) is 11.8 Å². The summed E-state index contributed by atoms with van der Waals surface area (Å²) in [6.45, 7) is 1.50. The molecule has 4 aliphatic rings. The molecule has 4 aliphatic heterocycles. The summed E-state index contributed by atoms with van der Waals surface area (Å²) in [5, 5.41) is 6.99. The first-order chi connectivity index (χ1) is 21.0. The number of aryl methyl sites for hydroxylation is 2. The lowest BCUT2D eigenvalue weighted by Crippen LogP contribution is -2.44. The third kappa shape index (κ3) is 5.51. The highest BCUT2D eigenvalue weighted by Gasteiger charge is 2.41. The quantitative estimate of drug-likeness (QED) is 0.384. The molecule has 2 aromatic carbocycles. The Morgan fingerprint density at radius 2 is 1.12 bits per heavy atom. The van der Waals surface area contributed by atoms with Gasteiger partial charge in [0.2, 0.25) is 0 Å². The van der Waals surface area contributed by atoms with Crippen LogP contribution in [0.5, 0.6) is 11.5 Å². The number of carbonyl (C=O) groups excluding carboxylic acids is 2. The van der Waals surface area contributed by atoms with Gasteiger partial charge in [-0.15, -0.1) is 0 Å². The number of nitrogens with zero attached hydrogens (tertiary/aromatic N) is 2. The van der Waals surface area contributed by atoms with E-state index in [9.17, 15) is 9.59 Å². The Labute approximate surface area is 254 Å². The van der Waals surface area contributed by atoms with Crippen LogP contribution in [-0.2, 0) is 22.3 Å². The minimum atomic E-state index is -0.231. The molecule has 2 fully saturated rings. The molecular weight excluding hydrogens is 548 g/mol. The van der Waals surface area contributed by atoms with Crippen molar-refractivity contribution in [2.75, 3.05) is 52.2 Å². The lowest BCUT2D eigenvalue weighted by atomic mass is 9.98. The van der Waals surface area contributed by atoms with Gasteiger partial charge in [0.05, 0.1) is 37.4 Å². The maximum Gasteiger partial charge on any atom is 0.256 e. The lowest BCUT2D eigenvalue weighted by molar-refractivity contribution is 0.0418. The molecule has 2 amide bonds. The number of unbranched alkanes of at least 4 members (excludes halogenated alkanes) is 2. The zero-order valence-corrected chi connectivity index (χ0v) is 25.7. The van der Waals surface area contributed by atoms with Gasteiger partial charge in [0.1, 0.15) is 24.0 Å². The van der Waals surface area contributed by atoms with E-state index in [1.807, 2.05) is 21.9 Å². The fourth-order valence-electron chi connectivity index (χ4n) is 7.38. The average molecular weight is 593 g/mol. The Bertz CT molecular complexity index is 1260. The first-order valence-corrected chi connectivity index (χ1v) is 15.6. The fraction of sp³-hybridized carbons (Fsp3) is 0.576. The molecule has 4 atom stereocenters. The molecule has 2 N–H and O–H groups in total. The molecule has 10 nitrogen and oxygen atoms in total. The Morgan fingerprint density at radius 3 is 1.51 bits per heavy atom. The van der Waals surface area contributed by atoms with Gasteiger partial charge in [-0.2, -0.15) is 0 Å². The van der Waals surface area contributed by atoms with Crippen LogP contribution in [0.3, 0.4) is 0 Å². The SMILES string of the molecule is COc1cc2c(cc1CCCCCc1cc3c(cc1OC)C(=O)N1CCC[C@H]1[C@H](OC)N3)N[C@@H](OC)[C@@H]1CCCN1C2=O. The number of rotatable bonds is 10. The van der Waals surface area contributed by atoms with Gasteiger partial charge in [0, 0.05) is 38.7 Å². The van der Waals surface area contributed by atoms with Crippen LogP contribution in [0.2, 0.25) is 0 Å². The van der Waals surface area contributed by atoms with Crippen LogP contribution in [0, 0.1) is 0 Å². The van der Waals surface area contributed by atoms with E-state index in [-0.39, 0.29) is 36.4 Å². The number of methoxy groups -OCH3 is 4. The molecule has 232 valence electrons. The summed E-state index contributed by atoms with van der Waals surface area (Å²) >= 11 is 0. The van der Waals surface area contributed by atoms with Gasteiger partial charge >= 0.3 is 0 Å². The van der Waals surface area contributed by atoms with Crippen molar-refractivity contribution in [3.63, 3.8) is 0 Å². The number of nitrogens with one attached hydrogen (secondary N) is 2. The second kappa shape index (κ2) is 12.6. The second-order valence-electron chi connectivity index (χ2n) is 12.0. The molecule has 4 heterocycles. The summed E-state index contributed by atoms with van der Waals surface area (Å²) in [4.78, 5) is 30.7. The molecule has 0 unspecified atom stereocenters. The fourth-order valence-corrected chi connectivity index (χ4v) is 7.38. The summed E-state index contributed by atoms with van der Waals surface area (Å²) < 4.78 is 23.0. The number of hydrogen-bond acceptors (Lipinski definition) is 8. The third-order valence-corrected chi connectivity index (χ3v) is 9.62. The normalized spacial score (nSPS) is 24.3. The van der Waals surface area contributed by atoms with E-state index in [0.29, 0.717) is 11.1 Å². The Kier molecular flexibility index (Phi) is 8.68. The van der Waals surface area contributed by atoms with Crippen molar-refractivity contribution in [3.8, 4) is 11.5 Å². The highest BCUT2D eigenvalue weighted by atomic mass is 16.5. The number of carbonyl (C=O) groups is 2. The zero-order chi connectivity index (χ0) is 30.1. The van der Waals surface area contributed by atoms with Crippen molar-refractivity contribution in [1.82, 2.24) is 9.80 Å². The summed E-state index contributed by atoms with van der Waals surface area (Å²) in [5.74, 6) is 1.57. The standard InChI is InChI=1S/C33H44N4O6/c1-40-28-18-22-24(34-30(42-3)26-12-8-14-36(26)32(22)38)16-20(28)10-6-5-7-11-21-17-25-23(19-29(21)41-2)33(39)37-15-9-13-27(37)31(35-25)43-4/h16-19,26-27,30-31,34-35H,5-15H2,1-4H3/t26-,27-,30-,31-/m0/s1. The van der Waals surface area contributed by atoms with Gasteiger partial charge in [-0.05, 0) is 86.8 Å². The highest BCUT2D eigenvalue weighted by molar-refractivity contribution is 6.02. The summed E-state index contributed by atoms with van der Waals surface area (Å²) in [7, 11) is 6.72. The molecule has 0 bridgehead atoms. The Balaban J connectivity index is 1.12. The van der Waals surface area contributed by atoms with Crippen molar-refractivity contribution in [2.45, 2.75) is 82.3 Å². The number of fused-ring (bicyclic) bond motifs is 4. The molecule has 0 aromatic heterocycles. The topological polar surface area (TPSA) is 102 Å². The van der Waals surface area contributed by atoms with E-state index in [1.165, 1.54) is 0 Å². The van der Waals surface area contributed by atoms with Gasteiger partial charge in [-0.25, -0.2) is 0 Å². The number of benzene rings is 2. The zero-order valence-electron chi connectivity index (χ0n) is 25.7. The predicted octanol–water partition coefficient (Wildman–Crippen LogP) is 4.66. The summed E-state index contributed by atoms with van der Waals surface area (Å²) in [5.41, 5.74) is 5.07. The van der Waals surface area contributed by atoms with E-state index in [4.69, 9.17) is 18.9 Å². The van der Waals surface area contributed by atoms with E-state index < -0.39 is 0 Å². The summed E-state index contributed by atoms with van der Waals surface area (Å²) in [6, 6.07) is 7.98. The molecule has 0 radical (unpaired) electrons. The van der Waals surface area contributed by atoms with Crippen molar-refractivity contribution >= 4 is 23.2 Å². The first kappa shape index (κ1) is 29.6. The van der Waals surface area contributed by atoms with Gasteiger partial charge in [-0.1, -0.05) is 6.42 Å². The highest BCUT2D eigenvalue weighted by Crippen LogP contribution is 2.38. The van der Waals surface area contributed by atoms with Gasteiger partial charge in [-0.3, -0.25) is 9.59 Å². The average Bonchev–Trinajstić information content (AvgIpc) is 3.68. The molecule has 2 saturated heterocycles. The molecule has 2 aromatic rings. The molecule has 6 rings (SSSR count). The lowest BCUT2D eigenvalue weighted by Gasteiger charge is -2.28. The molecule has 0 aliphatic carbocycles. The monoisotopic (exact) mass is 592 g/mol. The third-order valence-electron chi connectivity index (χ3n) is 9.62. The van der Waals surface area contributed by atoms with Gasteiger partial charge in [0.15, 0.2) is 0 Å². The van der Waals surface area contributed by atoms with Crippen molar-refractivity contribution in [1.29, 1.82) is 0 Å². The maximum atomic E-state index is 13.4. The molecule has 0 saturated carbocycles. The second-order valence-corrected chi connectivity index (χ2v) is 12.0. The minimum absolute atomic E-state index is 0.0372. The maximum absolute atomic E-state index is 13.4. The Morgan fingerprint density at radius 1 is 0.674 bits per heavy atom. The summed E-state index contributed by atoms with van der Waals surface area (Å²) in [6.07, 6.45) is 7.99. The van der Waals surface area contributed by atoms with Gasteiger partial charge < -0.3 is 39.4 Å². The van der Waals surface area contributed by atoms with E-state index in [1.54, 1.807) is 28.4 Å². The van der Waals surface area contributed by atoms with Crippen molar-refractivity contribution < 1.29 is 28.5 Å². The van der Waals surface area contributed by atoms with Crippen molar-refractivity contribution in [2.24, 2.45) is 0 Å². The van der Waals surface area contributed by atoms with E-state index in [0.717, 1.165) is 105 Å². The molecule has 43 heavy (non-hydrogen) atoms. The number of amides is 2. The van der Waals surface area contributed by atoms with Crippen LogP contribution in [-0.4, -0.2) is 87.7 Å². The van der Waals surface area contributed by atoms with Crippen LogP contribution < -0.4 is 20.1 Å². The molecule has 0 spiro atoms. The first-order valence-electron chi connectivity index (χ1n) is 15.6. The predicted molar refractivity (Wildman–Crippen MR) is 164 cm³/mol. The van der Waals surface area contributed by atoms with Crippen LogP contribution >= 0.6 is 0 Å². The number of hydrogen-bond donors (Lipinski definition) is 2. The van der Waals surface area contributed by atoms with Crippen LogP contribution in [0.1, 0.15) is 76.8 Å². The van der Waals surface area contributed by atoms with E-state index >= 15 is 0 Å².